The van der Waals surface area contributed by atoms with Crippen molar-refractivity contribution in [1.82, 2.24) is 9.97 Å². The van der Waals surface area contributed by atoms with Crippen molar-refractivity contribution in [3.63, 3.8) is 0 Å². The van der Waals surface area contributed by atoms with Crippen molar-refractivity contribution in [2.75, 3.05) is 40.1 Å². The van der Waals surface area contributed by atoms with E-state index < -0.39 is 0 Å². The van der Waals surface area contributed by atoms with Crippen LogP contribution in [0.2, 0.25) is 0 Å². The van der Waals surface area contributed by atoms with Crippen molar-refractivity contribution in [3.8, 4) is 11.3 Å². The van der Waals surface area contributed by atoms with E-state index in [0.717, 1.165) is 43.0 Å². The number of aromatic nitrogens is 2. The monoisotopic (exact) mass is 428 g/mol. The third-order valence-corrected chi connectivity index (χ3v) is 6.17. The lowest BCUT2D eigenvalue weighted by molar-refractivity contribution is 0.255. The van der Waals surface area contributed by atoms with E-state index in [0.29, 0.717) is 11.5 Å². The Morgan fingerprint density at radius 2 is 2.00 bits per heavy atom. The predicted octanol–water partition coefficient (Wildman–Crippen LogP) is 4.99. The van der Waals surface area contributed by atoms with E-state index >= 15 is 0 Å². The lowest BCUT2D eigenvalue weighted by Gasteiger charge is -2.27. The van der Waals surface area contributed by atoms with Gasteiger partial charge in [0.15, 0.2) is 5.82 Å². The molecule has 0 bridgehead atoms. The molecule has 2 aliphatic heterocycles. The van der Waals surface area contributed by atoms with Crippen LogP contribution < -0.4 is 20.4 Å². The quantitative estimate of drug-likeness (QED) is 0.615. The van der Waals surface area contributed by atoms with E-state index in [2.05, 4.69) is 51.7 Å². The highest BCUT2D eigenvalue weighted by molar-refractivity contribution is 6.03. The fraction of sp³-hybridized carbons (Fsp3) is 0.320. The summed E-state index contributed by atoms with van der Waals surface area (Å²) in [7, 11) is 0. The molecule has 2 amide bonds. The molecule has 1 atom stereocenters. The van der Waals surface area contributed by atoms with Gasteiger partial charge in [0.05, 0.1) is 23.3 Å². The van der Waals surface area contributed by atoms with Gasteiger partial charge in [0.1, 0.15) is 0 Å². The summed E-state index contributed by atoms with van der Waals surface area (Å²) in [5, 5.41) is 6.40. The number of hydrogen-bond acceptors (Lipinski definition) is 5. The largest absolute Gasteiger partial charge is 0.382 e. The van der Waals surface area contributed by atoms with Crippen molar-refractivity contribution >= 4 is 28.9 Å². The molecule has 2 aromatic heterocycles. The summed E-state index contributed by atoms with van der Waals surface area (Å²) >= 11 is 0. The molecular formula is C25H28N6O. The first-order chi connectivity index (χ1) is 15.7. The molecule has 0 saturated carbocycles. The van der Waals surface area contributed by atoms with Crippen LogP contribution >= 0.6 is 0 Å². The van der Waals surface area contributed by atoms with Gasteiger partial charge in [-0.1, -0.05) is 12.1 Å². The molecule has 3 aromatic rings. The first-order valence-electron chi connectivity index (χ1n) is 11.3. The van der Waals surface area contributed by atoms with Gasteiger partial charge in [0.2, 0.25) is 0 Å². The third kappa shape index (κ3) is 4.10. The SMILES string of the molecule is C[C@@H]1CCNc2ccc(-c3cccc(N4CCCC4)c3)nc2N1C(=O)Nc1cccnc1. The molecule has 4 heterocycles. The smallest absolute Gasteiger partial charge is 0.327 e. The van der Waals surface area contributed by atoms with Crippen LogP contribution in [0.5, 0.6) is 0 Å². The number of fused-ring (bicyclic) bond motifs is 1. The van der Waals surface area contributed by atoms with Gasteiger partial charge in [0.25, 0.3) is 0 Å². The Hall–Kier alpha value is -3.61. The molecule has 7 heteroatoms. The maximum absolute atomic E-state index is 13.3. The Balaban J connectivity index is 1.49. The zero-order valence-corrected chi connectivity index (χ0v) is 18.3. The Kier molecular flexibility index (Phi) is 5.62. The van der Waals surface area contributed by atoms with Crippen LogP contribution in [0.3, 0.4) is 0 Å². The summed E-state index contributed by atoms with van der Waals surface area (Å²) in [6, 6.07) is 16.0. The minimum atomic E-state index is -0.203. The van der Waals surface area contributed by atoms with Crippen molar-refractivity contribution in [2.45, 2.75) is 32.2 Å². The number of nitrogens with one attached hydrogen (secondary N) is 2. The first kappa shape index (κ1) is 20.3. The highest BCUT2D eigenvalue weighted by Gasteiger charge is 2.28. The molecule has 0 aliphatic carbocycles. The molecule has 1 aromatic carbocycles. The number of hydrogen-bond donors (Lipinski definition) is 2. The van der Waals surface area contributed by atoms with Crippen LogP contribution in [0, 0.1) is 0 Å². The average molecular weight is 429 g/mol. The standard InChI is InChI=1S/C25H28N6O/c1-18-11-13-27-23-10-9-22(19-6-4-8-21(16-19)30-14-2-3-15-30)29-24(23)31(18)25(32)28-20-7-5-12-26-17-20/h4-10,12,16-18,27H,2-3,11,13-15H2,1H3,(H,28,32)/t18-/m1/s1. The number of urea groups is 1. The minimum Gasteiger partial charge on any atom is -0.382 e. The number of nitrogens with zero attached hydrogens (tertiary/aromatic N) is 4. The molecule has 5 rings (SSSR count). The van der Waals surface area contributed by atoms with Crippen LogP contribution in [0.15, 0.2) is 60.9 Å². The summed E-state index contributed by atoms with van der Waals surface area (Å²) in [5.41, 5.74) is 4.68. The molecular weight excluding hydrogens is 400 g/mol. The van der Waals surface area contributed by atoms with E-state index in [1.54, 1.807) is 23.4 Å². The van der Waals surface area contributed by atoms with Gasteiger partial charge in [-0.3, -0.25) is 9.88 Å². The molecule has 2 aliphatic rings. The molecule has 164 valence electrons. The molecule has 0 spiro atoms. The highest BCUT2D eigenvalue weighted by Crippen LogP contribution is 2.34. The predicted molar refractivity (Wildman–Crippen MR) is 129 cm³/mol. The fourth-order valence-electron chi connectivity index (χ4n) is 4.44. The Labute approximate surface area is 188 Å². The van der Waals surface area contributed by atoms with E-state index in [9.17, 15) is 4.79 Å². The molecule has 1 saturated heterocycles. The third-order valence-electron chi connectivity index (χ3n) is 6.17. The zero-order chi connectivity index (χ0) is 21.9. The topological polar surface area (TPSA) is 73.4 Å². The van der Waals surface area contributed by atoms with E-state index in [4.69, 9.17) is 4.98 Å². The summed E-state index contributed by atoms with van der Waals surface area (Å²) in [5.74, 6) is 0.653. The molecule has 32 heavy (non-hydrogen) atoms. The number of carbonyl (C=O) groups excluding carboxylic acids is 1. The minimum absolute atomic E-state index is 0.000828. The maximum Gasteiger partial charge on any atom is 0.327 e. The number of pyridine rings is 2. The lowest BCUT2D eigenvalue weighted by atomic mass is 10.1. The Morgan fingerprint density at radius 1 is 1.12 bits per heavy atom. The summed E-state index contributed by atoms with van der Waals surface area (Å²) in [4.78, 5) is 26.5. The summed E-state index contributed by atoms with van der Waals surface area (Å²) in [6.07, 6.45) is 6.65. The fourth-order valence-corrected chi connectivity index (χ4v) is 4.44. The molecule has 2 N–H and O–H groups in total. The van der Waals surface area contributed by atoms with E-state index in [1.807, 2.05) is 18.2 Å². The summed E-state index contributed by atoms with van der Waals surface area (Å²) in [6.45, 7) is 5.05. The zero-order valence-electron chi connectivity index (χ0n) is 18.3. The number of benzene rings is 1. The average Bonchev–Trinajstić information content (AvgIpc) is 3.30. The maximum atomic E-state index is 13.3. The van der Waals surface area contributed by atoms with Crippen LogP contribution in [-0.2, 0) is 0 Å². The van der Waals surface area contributed by atoms with Gasteiger partial charge in [-0.2, -0.15) is 0 Å². The second-order valence-electron chi connectivity index (χ2n) is 8.42. The van der Waals surface area contributed by atoms with Gasteiger partial charge in [-0.25, -0.2) is 9.78 Å². The van der Waals surface area contributed by atoms with Crippen molar-refractivity contribution in [1.29, 1.82) is 0 Å². The van der Waals surface area contributed by atoms with Gasteiger partial charge in [-0.05, 0) is 62.6 Å². The van der Waals surface area contributed by atoms with Gasteiger partial charge in [-0.15, -0.1) is 0 Å². The Bertz CT molecular complexity index is 1100. The lowest BCUT2D eigenvalue weighted by Crippen LogP contribution is -2.42. The number of amides is 2. The highest BCUT2D eigenvalue weighted by atomic mass is 16.2. The molecule has 7 nitrogen and oxygen atoms in total. The number of anilines is 4. The van der Waals surface area contributed by atoms with Crippen LogP contribution in [0.25, 0.3) is 11.3 Å². The molecule has 0 unspecified atom stereocenters. The van der Waals surface area contributed by atoms with Crippen LogP contribution in [-0.4, -0.2) is 41.7 Å². The summed E-state index contributed by atoms with van der Waals surface area (Å²) < 4.78 is 0. The molecule has 1 fully saturated rings. The van der Waals surface area contributed by atoms with E-state index in [-0.39, 0.29) is 12.1 Å². The second-order valence-corrected chi connectivity index (χ2v) is 8.42. The first-order valence-corrected chi connectivity index (χ1v) is 11.3. The van der Waals surface area contributed by atoms with Crippen molar-refractivity contribution in [3.05, 3.63) is 60.9 Å². The van der Waals surface area contributed by atoms with Gasteiger partial charge in [0, 0.05) is 43.1 Å². The Morgan fingerprint density at radius 3 is 2.81 bits per heavy atom. The molecule has 0 radical (unpaired) electrons. The second kappa shape index (κ2) is 8.86. The number of rotatable bonds is 3. The van der Waals surface area contributed by atoms with Gasteiger partial charge >= 0.3 is 6.03 Å². The van der Waals surface area contributed by atoms with Crippen molar-refractivity contribution in [2.24, 2.45) is 0 Å². The van der Waals surface area contributed by atoms with E-state index in [1.165, 1.54) is 18.5 Å². The van der Waals surface area contributed by atoms with Crippen LogP contribution in [0.1, 0.15) is 26.2 Å². The van der Waals surface area contributed by atoms with Crippen molar-refractivity contribution < 1.29 is 4.79 Å². The van der Waals surface area contributed by atoms with Crippen LogP contribution in [0.4, 0.5) is 27.7 Å². The number of carbonyl (C=O) groups is 1. The van der Waals surface area contributed by atoms with Gasteiger partial charge < -0.3 is 15.5 Å². The normalized spacial score (nSPS) is 18.0.